The second kappa shape index (κ2) is 5.28. The van der Waals surface area contributed by atoms with Crippen molar-refractivity contribution in [1.82, 2.24) is 5.32 Å². The van der Waals surface area contributed by atoms with Gasteiger partial charge in [0.15, 0.2) is 0 Å². The van der Waals surface area contributed by atoms with Crippen LogP contribution in [0.3, 0.4) is 0 Å². The smallest absolute Gasteiger partial charge is 0.145 e. The van der Waals surface area contributed by atoms with E-state index in [1.165, 1.54) is 11.1 Å². The zero-order valence-corrected chi connectivity index (χ0v) is 10.3. The van der Waals surface area contributed by atoms with Crippen LogP contribution in [-0.4, -0.2) is 12.3 Å². The molecule has 1 N–H and O–H groups in total. The lowest BCUT2D eigenvalue weighted by atomic mass is 9.85. The largest absolute Gasteiger partial charge is 0.312 e. The third-order valence-corrected chi connectivity index (χ3v) is 3.41. The van der Waals surface area contributed by atoms with Gasteiger partial charge in [0.05, 0.1) is 5.92 Å². The predicted octanol–water partition coefficient (Wildman–Crippen LogP) is 2.80. The van der Waals surface area contributed by atoms with E-state index in [4.69, 9.17) is 0 Å². The molecule has 0 amide bonds. The molecule has 0 radical (unpaired) electrons. The van der Waals surface area contributed by atoms with E-state index in [2.05, 4.69) is 24.0 Å². The minimum atomic E-state index is 0.00301. The molecule has 0 saturated carbocycles. The lowest BCUT2D eigenvalue weighted by Gasteiger charge is -2.25. The zero-order chi connectivity index (χ0) is 12.3. The molecule has 2 heteroatoms. The summed E-state index contributed by atoms with van der Waals surface area (Å²) in [4.78, 5) is 12.2. The molecule has 0 aliphatic carbocycles. The minimum Gasteiger partial charge on any atom is -0.312 e. The normalized spacial score (nSPS) is 18.5. The molecule has 2 rings (SSSR count). The summed E-state index contributed by atoms with van der Waals surface area (Å²) in [7, 11) is 0. The number of benzene rings is 1. The third kappa shape index (κ3) is 2.64. The second-order valence-electron chi connectivity index (χ2n) is 4.63. The summed E-state index contributed by atoms with van der Waals surface area (Å²) < 4.78 is 0. The van der Waals surface area contributed by atoms with Gasteiger partial charge in [0.25, 0.3) is 0 Å². The average Bonchev–Trinajstić information content (AvgIpc) is 2.37. The van der Waals surface area contributed by atoms with Gasteiger partial charge in [-0.05, 0) is 17.5 Å². The predicted molar refractivity (Wildman–Crippen MR) is 69.9 cm³/mol. The molecular weight excluding hydrogens is 210 g/mol. The molecule has 90 valence electrons. The van der Waals surface area contributed by atoms with Crippen molar-refractivity contribution in [1.29, 1.82) is 0 Å². The third-order valence-electron chi connectivity index (χ3n) is 3.41. The van der Waals surface area contributed by atoms with Gasteiger partial charge in [-0.3, -0.25) is 4.79 Å². The maximum atomic E-state index is 12.2. The summed E-state index contributed by atoms with van der Waals surface area (Å²) in [5.74, 6) is 0.291. The fraction of sp³-hybridized carbons (Fsp3) is 0.400. The van der Waals surface area contributed by atoms with Crippen LogP contribution in [0, 0.1) is 0 Å². The second-order valence-corrected chi connectivity index (χ2v) is 4.63. The van der Waals surface area contributed by atoms with Crippen LogP contribution in [0.25, 0.3) is 0 Å². The van der Waals surface area contributed by atoms with Crippen LogP contribution in [0.1, 0.15) is 36.8 Å². The summed E-state index contributed by atoms with van der Waals surface area (Å²) >= 11 is 0. The highest BCUT2D eigenvalue weighted by Gasteiger charge is 2.25. The minimum absolute atomic E-state index is 0.00301. The zero-order valence-electron chi connectivity index (χ0n) is 10.3. The molecule has 1 heterocycles. The summed E-state index contributed by atoms with van der Waals surface area (Å²) in [5, 5.41) is 3.31. The number of hydrogen-bond acceptors (Lipinski definition) is 2. The molecule has 1 aromatic rings. The van der Waals surface area contributed by atoms with Gasteiger partial charge in [-0.2, -0.15) is 0 Å². The summed E-state index contributed by atoms with van der Waals surface area (Å²) in [5.41, 5.74) is 3.47. The standard InChI is InChI=1S/C15H19NO/c1-3-11(2)8-15(17)14-10-16-9-12-6-4-5-7-13(12)14/h4-7,14,16H,2-3,8-10H2,1H3. The number of carbonyl (C=O) groups is 1. The first-order valence-corrected chi connectivity index (χ1v) is 6.20. The van der Waals surface area contributed by atoms with Gasteiger partial charge < -0.3 is 5.32 Å². The van der Waals surface area contributed by atoms with E-state index >= 15 is 0 Å². The Morgan fingerprint density at radius 3 is 3.00 bits per heavy atom. The first kappa shape index (κ1) is 12.1. The van der Waals surface area contributed by atoms with Gasteiger partial charge in [-0.1, -0.05) is 43.3 Å². The topological polar surface area (TPSA) is 29.1 Å². The fourth-order valence-corrected chi connectivity index (χ4v) is 2.28. The number of allylic oxidation sites excluding steroid dienone is 1. The van der Waals surface area contributed by atoms with Crippen LogP contribution in [0.2, 0.25) is 0 Å². The van der Waals surface area contributed by atoms with Crippen LogP contribution in [0.15, 0.2) is 36.4 Å². The SMILES string of the molecule is C=C(CC)CC(=O)C1CNCc2ccccc21. The van der Waals surface area contributed by atoms with Crippen LogP contribution < -0.4 is 5.32 Å². The number of Topliss-reactive ketones (excluding diaryl/α,β-unsaturated/α-hetero) is 1. The Bertz CT molecular complexity index is 436. The van der Waals surface area contributed by atoms with Crippen LogP contribution >= 0.6 is 0 Å². The molecule has 2 nitrogen and oxygen atoms in total. The Morgan fingerprint density at radius 2 is 2.24 bits per heavy atom. The Morgan fingerprint density at radius 1 is 1.47 bits per heavy atom. The van der Waals surface area contributed by atoms with Gasteiger partial charge in [-0.15, -0.1) is 0 Å². The van der Waals surface area contributed by atoms with Crippen LogP contribution in [-0.2, 0) is 11.3 Å². The number of fused-ring (bicyclic) bond motifs is 1. The molecule has 0 saturated heterocycles. The van der Waals surface area contributed by atoms with Crippen molar-refractivity contribution in [2.45, 2.75) is 32.2 Å². The van der Waals surface area contributed by atoms with Crippen molar-refractivity contribution < 1.29 is 4.79 Å². The van der Waals surface area contributed by atoms with Crippen molar-refractivity contribution in [3.05, 3.63) is 47.5 Å². The number of nitrogens with one attached hydrogen (secondary N) is 1. The lowest BCUT2D eigenvalue weighted by Crippen LogP contribution is -2.32. The van der Waals surface area contributed by atoms with Crippen LogP contribution in [0.5, 0.6) is 0 Å². The van der Waals surface area contributed by atoms with E-state index in [1.807, 2.05) is 19.1 Å². The quantitative estimate of drug-likeness (QED) is 0.804. The first-order chi connectivity index (χ1) is 8.22. The fourth-order valence-electron chi connectivity index (χ4n) is 2.28. The van der Waals surface area contributed by atoms with Gasteiger partial charge in [-0.25, -0.2) is 0 Å². The molecular formula is C15H19NO. The van der Waals surface area contributed by atoms with Gasteiger partial charge >= 0.3 is 0 Å². The Hall–Kier alpha value is -1.41. The summed E-state index contributed by atoms with van der Waals surface area (Å²) in [6.45, 7) is 7.59. The summed E-state index contributed by atoms with van der Waals surface area (Å²) in [6.07, 6.45) is 1.39. The molecule has 1 aliphatic rings. The highest BCUT2D eigenvalue weighted by atomic mass is 16.1. The van der Waals surface area contributed by atoms with E-state index in [9.17, 15) is 4.79 Å². The molecule has 0 fully saturated rings. The molecule has 1 unspecified atom stereocenters. The molecule has 0 bridgehead atoms. The number of hydrogen-bond donors (Lipinski definition) is 1. The van der Waals surface area contributed by atoms with Crippen molar-refractivity contribution in [2.24, 2.45) is 0 Å². The maximum absolute atomic E-state index is 12.2. The lowest BCUT2D eigenvalue weighted by molar-refractivity contribution is -0.119. The number of carbonyl (C=O) groups excluding carboxylic acids is 1. The van der Waals surface area contributed by atoms with E-state index < -0.39 is 0 Å². The average molecular weight is 229 g/mol. The molecule has 1 atom stereocenters. The molecule has 1 aliphatic heterocycles. The molecule has 0 spiro atoms. The van der Waals surface area contributed by atoms with E-state index in [-0.39, 0.29) is 11.7 Å². The van der Waals surface area contributed by atoms with E-state index in [0.717, 1.165) is 25.1 Å². The number of rotatable bonds is 4. The van der Waals surface area contributed by atoms with E-state index in [0.29, 0.717) is 6.42 Å². The highest BCUT2D eigenvalue weighted by molar-refractivity contribution is 5.88. The molecule has 17 heavy (non-hydrogen) atoms. The maximum Gasteiger partial charge on any atom is 0.145 e. The Kier molecular flexibility index (Phi) is 3.75. The highest BCUT2D eigenvalue weighted by Crippen LogP contribution is 2.26. The van der Waals surface area contributed by atoms with Gasteiger partial charge in [0.1, 0.15) is 5.78 Å². The van der Waals surface area contributed by atoms with Gasteiger partial charge in [0, 0.05) is 19.5 Å². The number of ketones is 1. The van der Waals surface area contributed by atoms with Crippen molar-refractivity contribution in [3.63, 3.8) is 0 Å². The Labute approximate surface area is 103 Å². The van der Waals surface area contributed by atoms with Crippen LogP contribution in [0.4, 0.5) is 0 Å². The van der Waals surface area contributed by atoms with Crippen molar-refractivity contribution in [3.8, 4) is 0 Å². The Balaban J connectivity index is 2.18. The first-order valence-electron chi connectivity index (χ1n) is 6.20. The molecule has 0 aromatic heterocycles. The van der Waals surface area contributed by atoms with Gasteiger partial charge in [0.2, 0.25) is 0 Å². The van der Waals surface area contributed by atoms with E-state index in [1.54, 1.807) is 0 Å². The van der Waals surface area contributed by atoms with Crippen molar-refractivity contribution >= 4 is 5.78 Å². The summed E-state index contributed by atoms with van der Waals surface area (Å²) in [6, 6.07) is 8.21. The van der Waals surface area contributed by atoms with Crippen molar-refractivity contribution in [2.75, 3.05) is 6.54 Å². The molecule has 1 aromatic carbocycles. The monoisotopic (exact) mass is 229 g/mol.